The third kappa shape index (κ3) is 3.60. The van der Waals surface area contributed by atoms with Crippen LogP contribution in [0.2, 0.25) is 0 Å². The summed E-state index contributed by atoms with van der Waals surface area (Å²) < 4.78 is 5.72. The maximum absolute atomic E-state index is 11.5. The molecule has 1 aliphatic rings. The lowest BCUT2D eigenvalue weighted by atomic mass is 10.2. The lowest BCUT2D eigenvalue weighted by molar-refractivity contribution is -0.121. The third-order valence-electron chi connectivity index (χ3n) is 3.35. The molecule has 4 nitrogen and oxygen atoms in total. The van der Waals surface area contributed by atoms with E-state index in [1.165, 1.54) is 6.42 Å². The zero-order valence-corrected chi connectivity index (χ0v) is 11.0. The molecule has 1 heterocycles. The average molecular weight is 251 g/mol. The van der Waals surface area contributed by atoms with E-state index in [-0.39, 0.29) is 5.91 Å². The van der Waals surface area contributed by atoms with Gasteiger partial charge in [-0.1, -0.05) is 6.92 Å². The largest absolute Gasteiger partial charge is 0.466 e. The molecule has 3 atom stereocenters. The Bertz CT molecular complexity index is 411. The molecule has 1 amide bonds. The highest BCUT2D eigenvalue weighted by Gasteiger charge is 2.36. The van der Waals surface area contributed by atoms with Crippen molar-refractivity contribution in [2.24, 2.45) is 5.92 Å². The van der Waals surface area contributed by atoms with Gasteiger partial charge in [0.2, 0.25) is 5.91 Å². The number of hydrogen-bond acceptors (Lipinski definition) is 3. The van der Waals surface area contributed by atoms with Crippen LogP contribution < -0.4 is 5.32 Å². The summed E-state index contributed by atoms with van der Waals surface area (Å²) in [5.41, 5.74) is 0. The molecular weight excluding hydrogens is 230 g/mol. The molecule has 100 valence electrons. The van der Waals surface area contributed by atoms with E-state index >= 15 is 0 Å². The van der Waals surface area contributed by atoms with E-state index in [4.69, 9.17) is 9.52 Å². The number of amides is 1. The van der Waals surface area contributed by atoms with Gasteiger partial charge in [0.1, 0.15) is 11.5 Å². The van der Waals surface area contributed by atoms with E-state index in [1.807, 2.05) is 12.1 Å². The van der Waals surface area contributed by atoms with Crippen LogP contribution in [0.3, 0.4) is 0 Å². The molecule has 1 saturated carbocycles. The molecule has 0 radical (unpaired) electrons. The fraction of sp³-hybridized carbons (Fsp3) is 0.643. The number of rotatable bonds is 6. The maximum Gasteiger partial charge on any atom is 0.220 e. The lowest BCUT2D eigenvalue weighted by Gasteiger charge is -2.06. The maximum atomic E-state index is 11.5. The Morgan fingerprint density at radius 2 is 2.33 bits per heavy atom. The minimum Gasteiger partial charge on any atom is -0.466 e. The van der Waals surface area contributed by atoms with Gasteiger partial charge in [-0.15, -0.1) is 0 Å². The van der Waals surface area contributed by atoms with Crippen molar-refractivity contribution in [1.82, 2.24) is 5.32 Å². The van der Waals surface area contributed by atoms with Gasteiger partial charge in [-0.2, -0.15) is 0 Å². The number of aryl methyl sites for hydroxylation is 1. The van der Waals surface area contributed by atoms with Crippen molar-refractivity contribution in [3.63, 3.8) is 0 Å². The standard InChI is InChI=1S/C14H21NO3/c1-9-7-12(9)13-5-3-11(18-13)4-6-14(17)15-8-10(2)16/h3,5,9-10,12,16H,4,6-8H2,1-2H3,(H,15,17)/t9?,10-,12?/m1/s1. The Hall–Kier alpha value is -1.29. The number of hydrogen-bond donors (Lipinski definition) is 2. The predicted molar refractivity (Wildman–Crippen MR) is 68.2 cm³/mol. The molecule has 0 aromatic carbocycles. The second-order valence-electron chi connectivity index (χ2n) is 5.28. The lowest BCUT2D eigenvalue weighted by Crippen LogP contribution is -2.30. The summed E-state index contributed by atoms with van der Waals surface area (Å²) >= 11 is 0. The minimum atomic E-state index is -0.500. The van der Waals surface area contributed by atoms with Crippen molar-refractivity contribution in [3.05, 3.63) is 23.7 Å². The minimum absolute atomic E-state index is 0.0476. The van der Waals surface area contributed by atoms with Crippen LogP contribution in [0, 0.1) is 5.92 Å². The molecule has 4 heteroatoms. The van der Waals surface area contributed by atoms with Crippen LogP contribution in [0.25, 0.3) is 0 Å². The van der Waals surface area contributed by atoms with E-state index in [9.17, 15) is 4.79 Å². The van der Waals surface area contributed by atoms with Crippen LogP contribution in [0.1, 0.15) is 44.1 Å². The van der Waals surface area contributed by atoms with Crippen molar-refractivity contribution in [3.8, 4) is 0 Å². The fourth-order valence-corrected chi connectivity index (χ4v) is 2.03. The highest BCUT2D eigenvalue weighted by atomic mass is 16.3. The highest BCUT2D eigenvalue weighted by Crippen LogP contribution is 2.47. The summed E-state index contributed by atoms with van der Waals surface area (Å²) in [6.07, 6.45) is 1.73. The van der Waals surface area contributed by atoms with Crippen LogP contribution >= 0.6 is 0 Å². The molecule has 1 fully saturated rings. The van der Waals surface area contributed by atoms with E-state index in [1.54, 1.807) is 6.92 Å². The number of furan rings is 1. The smallest absolute Gasteiger partial charge is 0.220 e. The van der Waals surface area contributed by atoms with Crippen molar-refractivity contribution < 1.29 is 14.3 Å². The first-order valence-electron chi connectivity index (χ1n) is 6.59. The Kier molecular flexibility index (Phi) is 4.07. The van der Waals surface area contributed by atoms with E-state index in [2.05, 4.69) is 12.2 Å². The Morgan fingerprint density at radius 1 is 1.61 bits per heavy atom. The first kappa shape index (κ1) is 13.1. The average Bonchev–Trinajstić information content (AvgIpc) is 2.88. The number of nitrogens with one attached hydrogen (secondary N) is 1. The number of carbonyl (C=O) groups is 1. The molecule has 2 N–H and O–H groups in total. The molecule has 1 aromatic heterocycles. The zero-order chi connectivity index (χ0) is 13.1. The summed E-state index contributed by atoms with van der Waals surface area (Å²) in [6, 6.07) is 3.99. The van der Waals surface area contributed by atoms with Gasteiger partial charge >= 0.3 is 0 Å². The summed E-state index contributed by atoms with van der Waals surface area (Å²) in [5.74, 6) is 3.20. The van der Waals surface area contributed by atoms with Gasteiger partial charge in [-0.3, -0.25) is 4.79 Å². The first-order valence-corrected chi connectivity index (χ1v) is 6.59. The summed E-state index contributed by atoms with van der Waals surface area (Å²) in [4.78, 5) is 11.5. The molecular formula is C14H21NO3. The molecule has 18 heavy (non-hydrogen) atoms. The number of carbonyl (C=O) groups excluding carboxylic acids is 1. The first-order chi connectivity index (χ1) is 8.56. The monoisotopic (exact) mass is 251 g/mol. The quantitative estimate of drug-likeness (QED) is 0.811. The molecule has 0 spiro atoms. The molecule has 0 saturated heterocycles. The zero-order valence-electron chi connectivity index (χ0n) is 11.0. The second kappa shape index (κ2) is 5.57. The van der Waals surface area contributed by atoms with Crippen LogP contribution in [-0.2, 0) is 11.2 Å². The van der Waals surface area contributed by atoms with Gasteiger partial charge in [0.25, 0.3) is 0 Å². The highest BCUT2D eigenvalue weighted by molar-refractivity contribution is 5.76. The van der Waals surface area contributed by atoms with Crippen LogP contribution in [0.4, 0.5) is 0 Å². The van der Waals surface area contributed by atoms with Crippen molar-refractivity contribution in [1.29, 1.82) is 0 Å². The Labute approximate surface area is 107 Å². The molecule has 1 aliphatic carbocycles. The van der Waals surface area contributed by atoms with Crippen molar-refractivity contribution in [2.45, 2.75) is 45.1 Å². The van der Waals surface area contributed by atoms with Gasteiger partial charge in [-0.05, 0) is 31.4 Å². The molecule has 0 aliphatic heterocycles. The van der Waals surface area contributed by atoms with Gasteiger partial charge in [0, 0.05) is 25.3 Å². The SMILES string of the molecule is CC1CC1c1ccc(CCC(=O)NC[C@@H](C)O)o1. The van der Waals surface area contributed by atoms with E-state index in [0.717, 1.165) is 17.4 Å². The summed E-state index contributed by atoms with van der Waals surface area (Å²) in [5, 5.41) is 11.7. The topological polar surface area (TPSA) is 62.5 Å². The third-order valence-corrected chi connectivity index (χ3v) is 3.35. The molecule has 2 unspecified atom stereocenters. The number of aliphatic hydroxyl groups excluding tert-OH is 1. The van der Waals surface area contributed by atoms with Crippen LogP contribution in [-0.4, -0.2) is 23.7 Å². The summed E-state index contributed by atoms with van der Waals surface area (Å²) in [7, 11) is 0. The molecule has 2 rings (SSSR count). The predicted octanol–water partition coefficient (Wildman–Crippen LogP) is 1.83. The van der Waals surface area contributed by atoms with E-state index < -0.39 is 6.10 Å². The van der Waals surface area contributed by atoms with Gasteiger partial charge in [0.15, 0.2) is 0 Å². The van der Waals surface area contributed by atoms with Crippen molar-refractivity contribution in [2.75, 3.05) is 6.54 Å². The van der Waals surface area contributed by atoms with Crippen LogP contribution in [0.15, 0.2) is 16.5 Å². The van der Waals surface area contributed by atoms with Gasteiger partial charge in [-0.25, -0.2) is 0 Å². The van der Waals surface area contributed by atoms with Gasteiger partial charge in [0.05, 0.1) is 6.10 Å². The molecule has 1 aromatic rings. The second-order valence-corrected chi connectivity index (χ2v) is 5.28. The van der Waals surface area contributed by atoms with Gasteiger partial charge < -0.3 is 14.8 Å². The molecule has 0 bridgehead atoms. The normalized spacial score (nSPS) is 23.7. The Balaban J connectivity index is 1.73. The summed E-state index contributed by atoms with van der Waals surface area (Å²) in [6.45, 7) is 4.17. The Morgan fingerprint density at radius 3 is 2.94 bits per heavy atom. The number of aliphatic hydroxyl groups is 1. The van der Waals surface area contributed by atoms with Crippen LogP contribution in [0.5, 0.6) is 0 Å². The van der Waals surface area contributed by atoms with Crippen molar-refractivity contribution >= 4 is 5.91 Å². The van der Waals surface area contributed by atoms with E-state index in [0.29, 0.717) is 25.3 Å². The fourth-order valence-electron chi connectivity index (χ4n) is 2.03.